The Labute approximate surface area is 76.6 Å². The summed E-state index contributed by atoms with van der Waals surface area (Å²) in [5.74, 6) is 0.360. The van der Waals surface area contributed by atoms with Gasteiger partial charge in [0.15, 0.2) is 0 Å². The number of benzene rings is 1. The molecule has 13 heavy (non-hydrogen) atoms. The molecule has 0 spiro atoms. The van der Waals surface area contributed by atoms with Crippen molar-refractivity contribution >= 4 is 5.71 Å². The molecule has 0 saturated carbocycles. The van der Waals surface area contributed by atoms with Crippen molar-refractivity contribution in [1.29, 1.82) is 0 Å². The Hall–Kier alpha value is -1.51. The van der Waals surface area contributed by atoms with Crippen LogP contribution in [0.4, 0.5) is 0 Å². The molecule has 0 bridgehead atoms. The highest BCUT2D eigenvalue weighted by Crippen LogP contribution is 2.29. The first-order chi connectivity index (χ1) is 6.33. The fraction of sp³-hybridized carbons (Fsp3) is 0.300. The Morgan fingerprint density at radius 1 is 1.38 bits per heavy atom. The number of hydrogen-bond acceptors (Lipinski definition) is 3. The fourth-order valence-electron chi connectivity index (χ4n) is 1.69. The summed E-state index contributed by atoms with van der Waals surface area (Å²) < 4.78 is 0. The molecule has 0 unspecified atom stereocenters. The minimum atomic E-state index is 0.360. The van der Waals surface area contributed by atoms with E-state index in [0.29, 0.717) is 5.75 Å². The molecular weight excluding hydrogens is 166 g/mol. The third-order valence-electron chi connectivity index (χ3n) is 2.28. The highest BCUT2D eigenvalue weighted by molar-refractivity contribution is 6.04. The number of oxime groups is 1. The van der Waals surface area contributed by atoms with Crippen molar-refractivity contribution in [2.45, 2.75) is 12.8 Å². The summed E-state index contributed by atoms with van der Waals surface area (Å²) in [6.45, 7) is 0. The van der Waals surface area contributed by atoms with Gasteiger partial charge >= 0.3 is 0 Å². The van der Waals surface area contributed by atoms with Gasteiger partial charge in [-0.25, -0.2) is 0 Å². The van der Waals surface area contributed by atoms with Crippen LogP contribution in [-0.4, -0.2) is 17.9 Å². The molecule has 0 radical (unpaired) electrons. The summed E-state index contributed by atoms with van der Waals surface area (Å²) in [6, 6.07) is 5.49. The molecular formula is C10H11NO2. The summed E-state index contributed by atoms with van der Waals surface area (Å²) >= 11 is 0. The lowest BCUT2D eigenvalue weighted by Crippen LogP contribution is -1.94. The lowest BCUT2D eigenvalue weighted by atomic mass is 10.1. The van der Waals surface area contributed by atoms with Crippen LogP contribution in [0.15, 0.2) is 23.4 Å². The standard InChI is InChI=1S/C10H11NO2/c1-13-11-9-6-5-8-7(9)3-2-4-10(8)12/h2-4,12H,5-6H2,1H3/b11-9-. The van der Waals surface area contributed by atoms with Crippen molar-refractivity contribution in [3.05, 3.63) is 29.3 Å². The van der Waals surface area contributed by atoms with Crippen LogP contribution in [0.2, 0.25) is 0 Å². The zero-order valence-corrected chi connectivity index (χ0v) is 7.45. The first kappa shape index (κ1) is 8.10. The average Bonchev–Trinajstić information content (AvgIpc) is 2.51. The molecule has 1 aliphatic carbocycles. The largest absolute Gasteiger partial charge is 0.508 e. The zero-order chi connectivity index (χ0) is 9.26. The molecule has 3 heteroatoms. The highest BCUT2D eigenvalue weighted by Gasteiger charge is 2.20. The van der Waals surface area contributed by atoms with Crippen LogP contribution in [0.3, 0.4) is 0 Å². The molecule has 0 atom stereocenters. The summed E-state index contributed by atoms with van der Waals surface area (Å²) in [5, 5.41) is 13.4. The molecule has 0 saturated heterocycles. The minimum Gasteiger partial charge on any atom is -0.508 e. The predicted molar refractivity (Wildman–Crippen MR) is 50.0 cm³/mol. The minimum absolute atomic E-state index is 0.360. The van der Waals surface area contributed by atoms with Crippen molar-refractivity contribution in [3.63, 3.8) is 0 Å². The number of phenolic OH excluding ortho intramolecular Hbond substituents is 1. The lowest BCUT2D eigenvalue weighted by molar-refractivity contribution is 0.213. The van der Waals surface area contributed by atoms with E-state index < -0.39 is 0 Å². The fourth-order valence-corrected chi connectivity index (χ4v) is 1.69. The first-order valence-electron chi connectivity index (χ1n) is 4.24. The third kappa shape index (κ3) is 1.26. The second-order valence-corrected chi connectivity index (χ2v) is 3.02. The van der Waals surface area contributed by atoms with E-state index in [9.17, 15) is 5.11 Å². The van der Waals surface area contributed by atoms with E-state index in [0.717, 1.165) is 29.7 Å². The molecule has 0 fully saturated rings. The molecule has 1 aliphatic rings. The topological polar surface area (TPSA) is 41.8 Å². The van der Waals surface area contributed by atoms with Crippen molar-refractivity contribution in [3.8, 4) is 5.75 Å². The van der Waals surface area contributed by atoms with E-state index in [2.05, 4.69) is 5.16 Å². The summed E-state index contributed by atoms with van der Waals surface area (Å²) in [6.07, 6.45) is 1.70. The SMILES string of the molecule is CO/N=C1/CCc2c(O)cccc21. The molecule has 0 amide bonds. The van der Waals surface area contributed by atoms with E-state index in [4.69, 9.17) is 4.84 Å². The van der Waals surface area contributed by atoms with E-state index in [1.807, 2.05) is 12.1 Å². The van der Waals surface area contributed by atoms with Gasteiger partial charge < -0.3 is 9.94 Å². The molecule has 1 aromatic carbocycles. The van der Waals surface area contributed by atoms with Crippen molar-refractivity contribution in [2.24, 2.45) is 5.16 Å². The number of hydrogen-bond donors (Lipinski definition) is 1. The zero-order valence-electron chi connectivity index (χ0n) is 7.45. The predicted octanol–water partition coefficient (Wildman–Crippen LogP) is 1.69. The smallest absolute Gasteiger partial charge is 0.119 e. The first-order valence-corrected chi connectivity index (χ1v) is 4.24. The Morgan fingerprint density at radius 3 is 3.00 bits per heavy atom. The summed E-state index contributed by atoms with van der Waals surface area (Å²) in [5.41, 5.74) is 2.92. The maximum Gasteiger partial charge on any atom is 0.119 e. The number of phenols is 1. The quantitative estimate of drug-likeness (QED) is 0.663. The average molecular weight is 177 g/mol. The molecule has 0 aliphatic heterocycles. The van der Waals surface area contributed by atoms with Gasteiger partial charge in [0, 0.05) is 11.1 Å². The van der Waals surface area contributed by atoms with Gasteiger partial charge in [-0.1, -0.05) is 17.3 Å². The molecule has 2 rings (SSSR count). The van der Waals surface area contributed by atoms with E-state index >= 15 is 0 Å². The van der Waals surface area contributed by atoms with Crippen molar-refractivity contribution in [1.82, 2.24) is 0 Å². The Morgan fingerprint density at radius 2 is 2.23 bits per heavy atom. The number of fused-ring (bicyclic) bond motifs is 1. The van der Waals surface area contributed by atoms with Crippen LogP contribution in [0, 0.1) is 0 Å². The summed E-state index contributed by atoms with van der Waals surface area (Å²) in [4.78, 5) is 4.73. The molecule has 68 valence electrons. The van der Waals surface area contributed by atoms with Gasteiger partial charge in [0.1, 0.15) is 12.9 Å². The second kappa shape index (κ2) is 3.09. The van der Waals surface area contributed by atoms with Gasteiger partial charge in [-0.15, -0.1) is 0 Å². The van der Waals surface area contributed by atoms with Crippen molar-refractivity contribution in [2.75, 3.05) is 7.11 Å². The maximum absolute atomic E-state index is 9.52. The Bertz CT molecular complexity index is 358. The van der Waals surface area contributed by atoms with Crippen LogP contribution < -0.4 is 0 Å². The molecule has 0 heterocycles. The molecule has 1 N–H and O–H groups in total. The van der Waals surface area contributed by atoms with Crippen molar-refractivity contribution < 1.29 is 9.94 Å². The van der Waals surface area contributed by atoms with E-state index in [1.165, 1.54) is 7.11 Å². The van der Waals surface area contributed by atoms with Crippen LogP contribution in [0.25, 0.3) is 0 Å². The maximum atomic E-state index is 9.52. The second-order valence-electron chi connectivity index (χ2n) is 3.02. The van der Waals surface area contributed by atoms with Gasteiger partial charge in [-0.05, 0) is 18.9 Å². The Kier molecular flexibility index (Phi) is 1.93. The van der Waals surface area contributed by atoms with E-state index in [1.54, 1.807) is 6.07 Å². The number of aromatic hydroxyl groups is 1. The highest BCUT2D eigenvalue weighted by atomic mass is 16.6. The van der Waals surface area contributed by atoms with Crippen LogP contribution >= 0.6 is 0 Å². The van der Waals surface area contributed by atoms with E-state index in [-0.39, 0.29) is 0 Å². The van der Waals surface area contributed by atoms with Gasteiger partial charge in [0.25, 0.3) is 0 Å². The summed E-state index contributed by atoms with van der Waals surface area (Å²) in [7, 11) is 1.54. The normalized spacial score (nSPS) is 17.5. The number of rotatable bonds is 1. The lowest BCUT2D eigenvalue weighted by Gasteiger charge is -2.00. The monoisotopic (exact) mass is 177 g/mol. The van der Waals surface area contributed by atoms with Crippen LogP contribution in [0.5, 0.6) is 5.75 Å². The third-order valence-corrected chi connectivity index (χ3v) is 2.28. The van der Waals surface area contributed by atoms with Gasteiger partial charge in [0.2, 0.25) is 0 Å². The van der Waals surface area contributed by atoms with Crippen LogP contribution in [-0.2, 0) is 11.3 Å². The van der Waals surface area contributed by atoms with Gasteiger partial charge in [-0.2, -0.15) is 0 Å². The molecule has 1 aromatic rings. The molecule has 0 aromatic heterocycles. The number of nitrogens with zero attached hydrogens (tertiary/aromatic N) is 1. The Balaban J connectivity index is 2.49. The molecule has 3 nitrogen and oxygen atoms in total. The van der Waals surface area contributed by atoms with Crippen LogP contribution in [0.1, 0.15) is 17.5 Å². The van der Waals surface area contributed by atoms with Gasteiger partial charge in [0.05, 0.1) is 5.71 Å². The van der Waals surface area contributed by atoms with Gasteiger partial charge in [-0.3, -0.25) is 0 Å².